The molecule has 3 rings (SSSR count). The maximum absolute atomic E-state index is 12.3. The number of rotatable bonds is 10. The van der Waals surface area contributed by atoms with Crippen molar-refractivity contribution in [3.8, 4) is 23.1 Å². The summed E-state index contributed by atoms with van der Waals surface area (Å²) in [5.41, 5.74) is 1.84. The van der Waals surface area contributed by atoms with Crippen LogP contribution in [0.15, 0.2) is 66.9 Å². The van der Waals surface area contributed by atoms with Crippen molar-refractivity contribution in [1.82, 2.24) is 10.3 Å². The fourth-order valence-corrected chi connectivity index (χ4v) is 2.83. The number of nitrogens with zero attached hydrogens (tertiary/aromatic N) is 1. The first-order valence-electron chi connectivity index (χ1n) is 10.0. The molecule has 0 aliphatic heterocycles. The fraction of sp³-hybridized carbons (Fsp3) is 0.250. The number of carbonyl (C=O) groups is 1. The summed E-state index contributed by atoms with van der Waals surface area (Å²) in [5, 5.41) is 2.93. The molecule has 1 aromatic heterocycles. The van der Waals surface area contributed by atoms with Crippen molar-refractivity contribution in [2.75, 3.05) is 13.2 Å². The van der Waals surface area contributed by atoms with E-state index >= 15 is 0 Å². The Morgan fingerprint density at radius 3 is 2.07 bits per heavy atom. The van der Waals surface area contributed by atoms with Crippen LogP contribution in [0, 0.1) is 0 Å². The maximum atomic E-state index is 12.3. The summed E-state index contributed by atoms with van der Waals surface area (Å²) in [6.45, 7) is 5.52. The monoisotopic (exact) mass is 406 g/mol. The van der Waals surface area contributed by atoms with Gasteiger partial charge in [0.2, 0.25) is 11.8 Å². The van der Waals surface area contributed by atoms with Crippen molar-refractivity contribution < 1.29 is 19.0 Å². The van der Waals surface area contributed by atoms with E-state index in [2.05, 4.69) is 10.3 Å². The Balaban J connectivity index is 1.51. The molecule has 0 saturated heterocycles. The van der Waals surface area contributed by atoms with Gasteiger partial charge in [-0.05, 0) is 67.4 Å². The molecule has 6 nitrogen and oxygen atoms in total. The minimum atomic E-state index is -0.0510. The molecule has 0 radical (unpaired) electrons. The molecular weight excluding hydrogens is 380 g/mol. The zero-order valence-electron chi connectivity index (χ0n) is 17.3. The molecule has 30 heavy (non-hydrogen) atoms. The lowest BCUT2D eigenvalue weighted by Crippen LogP contribution is -2.24. The number of benzene rings is 2. The molecule has 156 valence electrons. The van der Waals surface area contributed by atoms with Crippen LogP contribution in [0.4, 0.5) is 0 Å². The van der Waals surface area contributed by atoms with Gasteiger partial charge in [0.25, 0.3) is 0 Å². The second-order valence-corrected chi connectivity index (χ2v) is 6.54. The lowest BCUT2D eigenvalue weighted by Gasteiger charge is -2.09. The summed E-state index contributed by atoms with van der Waals surface area (Å²) in [7, 11) is 0. The smallest absolute Gasteiger partial charge is 0.224 e. The van der Waals surface area contributed by atoms with Gasteiger partial charge in [-0.1, -0.05) is 12.1 Å². The van der Waals surface area contributed by atoms with Gasteiger partial charge < -0.3 is 19.5 Å². The van der Waals surface area contributed by atoms with Crippen molar-refractivity contribution in [1.29, 1.82) is 0 Å². The molecule has 0 aliphatic carbocycles. The van der Waals surface area contributed by atoms with Crippen LogP contribution in [0.2, 0.25) is 0 Å². The minimum absolute atomic E-state index is 0.0510. The summed E-state index contributed by atoms with van der Waals surface area (Å²) >= 11 is 0. The molecule has 2 aromatic carbocycles. The molecule has 0 bridgehead atoms. The van der Waals surface area contributed by atoms with Crippen molar-refractivity contribution in [3.05, 3.63) is 78.0 Å². The first kappa shape index (κ1) is 21.2. The van der Waals surface area contributed by atoms with Crippen LogP contribution in [0.3, 0.4) is 0 Å². The predicted molar refractivity (Wildman–Crippen MR) is 115 cm³/mol. The number of nitrogens with one attached hydrogen (secondary N) is 1. The Morgan fingerprint density at radius 2 is 1.43 bits per heavy atom. The number of aromatic nitrogens is 1. The zero-order chi connectivity index (χ0) is 21.2. The second-order valence-electron chi connectivity index (χ2n) is 6.54. The third-order valence-corrected chi connectivity index (χ3v) is 4.25. The van der Waals surface area contributed by atoms with E-state index in [9.17, 15) is 4.79 Å². The molecule has 1 amide bonds. The van der Waals surface area contributed by atoms with E-state index in [-0.39, 0.29) is 5.91 Å². The highest BCUT2D eigenvalue weighted by Gasteiger charge is 2.06. The third kappa shape index (κ3) is 6.51. The topological polar surface area (TPSA) is 69.7 Å². The number of amides is 1. The number of hydrogen-bond donors (Lipinski definition) is 1. The molecule has 1 N–H and O–H groups in total. The van der Waals surface area contributed by atoms with Crippen LogP contribution in [0.1, 0.15) is 25.0 Å². The summed E-state index contributed by atoms with van der Waals surface area (Å²) < 4.78 is 16.6. The van der Waals surface area contributed by atoms with Gasteiger partial charge in [-0.3, -0.25) is 4.79 Å². The predicted octanol–water partition coefficient (Wildman–Crippen LogP) is 4.53. The van der Waals surface area contributed by atoms with Crippen molar-refractivity contribution >= 4 is 5.91 Å². The van der Waals surface area contributed by atoms with Crippen LogP contribution in [-0.2, 0) is 17.8 Å². The first-order chi connectivity index (χ1) is 14.7. The van der Waals surface area contributed by atoms with Gasteiger partial charge in [-0.25, -0.2) is 4.98 Å². The van der Waals surface area contributed by atoms with Gasteiger partial charge >= 0.3 is 0 Å². The Hall–Kier alpha value is -3.54. The molecule has 0 unspecified atom stereocenters. The fourth-order valence-electron chi connectivity index (χ4n) is 2.83. The normalized spacial score (nSPS) is 10.3. The quantitative estimate of drug-likeness (QED) is 0.536. The second kappa shape index (κ2) is 10.9. The van der Waals surface area contributed by atoms with Gasteiger partial charge in [0.05, 0.1) is 19.6 Å². The highest BCUT2D eigenvalue weighted by molar-refractivity contribution is 5.78. The minimum Gasteiger partial charge on any atom is -0.494 e. The molecule has 0 fully saturated rings. The highest BCUT2D eigenvalue weighted by Crippen LogP contribution is 2.23. The molecule has 1 heterocycles. The molecule has 0 aliphatic rings. The zero-order valence-corrected chi connectivity index (χ0v) is 17.3. The van der Waals surface area contributed by atoms with Crippen molar-refractivity contribution in [2.24, 2.45) is 0 Å². The van der Waals surface area contributed by atoms with E-state index in [0.717, 1.165) is 22.6 Å². The van der Waals surface area contributed by atoms with E-state index in [1.807, 2.05) is 74.5 Å². The van der Waals surface area contributed by atoms with Crippen LogP contribution < -0.4 is 19.5 Å². The highest BCUT2D eigenvalue weighted by atomic mass is 16.5. The van der Waals surface area contributed by atoms with E-state index < -0.39 is 0 Å². The van der Waals surface area contributed by atoms with E-state index in [0.29, 0.717) is 37.8 Å². The molecule has 3 aromatic rings. The first-order valence-corrected chi connectivity index (χ1v) is 10.0. The van der Waals surface area contributed by atoms with Crippen molar-refractivity contribution in [3.63, 3.8) is 0 Å². The van der Waals surface area contributed by atoms with Crippen LogP contribution in [0.5, 0.6) is 23.1 Å². The SMILES string of the molecule is CCOc1ccc(CC(=O)NCc2ccnc(Oc3ccc(OCC)cc3)c2)cc1. The standard InChI is InChI=1S/C24H26N2O4/c1-3-28-20-7-5-18(6-8-20)15-23(27)26-17-19-13-14-25-24(16-19)30-22-11-9-21(10-12-22)29-4-2/h5-14,16H,3-4,15,17H2,1-2H3,(H,26,27). The van der Waals surface area contributed by atoms with Crippen LogP contribution in [0.25, 0.3) is 0 Å². The average molecular weight is 406 g/mol. The summed E-state index contributed by atoms with van der Waals surface area (Å²) in [6.07, 6.45) is 1.98. The molecule has 6 heteroatoms. The van der Waals surface area contributed by atoms with E-state index in [4.69, 9.17) is 14.2 Å². The van der Waals surface area contributed by atoms with Gasteiger partial charge in [-0.15, -0.1) is 0 Å². The van der Waals surface area contributed by atoms with Gasteiger partial charge in [0, 0.05) is 18.8 Å². The molecule has 0 saturated carbocycles. The lowest BCUT2D eigenvalue weighted by atomic mass is 10.1. The van der Waals surface area contributed by atoms with Gasteiger partial charge in [-0.2, -0.15) is 0 Å². The van der Waals surface area contributed by atoms with Crippen LogP contribution in [-0.4, -0.2) is 24.1 Å². The molecular formula is C24H26N2O4. The van der Waals surface area contributed by atoms with Gasteiger partial charge in [0.15, 0.2) is 0 Å². The Labute approximate surface area is 176 Å². The lowest BCUT2D eigenvalue weighted by molar-refractivity contribution is -0.120. The average Bonchev–Trinajstić information content (AvgIpc) is 2.76. The Morgan fingerprint density at radius 1 is 0.833 bits per heavy atom. The summed E-state index contributed by atoms with van der Waals surface area (Å²) in [5.74, 6) is 2.69. The number of hydrogen-bond acceptors (Lipinski definition) is 5. The van der Waals surface area contributed by atoms with E-state index in [1.165, 1.54) is 0 Å². The van der Waals surface area contributed by atoms with Crippen molar-refractivity contribution in [2.45, 2.75) is 26.8 Å². The molecule has 0 spiro atoms. The largest absolute Gasteiger partial charge is 0.494 e. The number of carbonyl (C=O) groups excluding carboxylic acids is 1. The summed E-state index contributed by atoms with van der Waals surface area (Å²) in [4.78, 5) is 16.5. The van der Waals surface area contributed by atoms with Gasteiger partial charge in [0.1, 0.15) is 17.2 Å². The third-order valence-electron chi connectivity index (χ3n) is 4.25. The summed E-state index contributed by atoms with van der Waals surface area (Å²) in [6, 6.07) is 18.6. The number of pyridine rings is 1. The van der Waals surface area contributed by atoms with E-state index in [1.54, 1.807) is 6.20 Å². The number of ether oxygens (including phenoxy) is 3. The maximum Gasteiger partial charge on any atom is 0.224 e. The Kier molecular flexibility index (Phi) is 7.66. The molecule has 0 atom stereocenters. The van der Waals surface area contributed by atoms with Crippen LogP contribution >= 0.6 is 0 Å². The Bertz CT molecular complexity index is 940.